The second-order valence-corrected chi connectivity index (χ2v) is 12.2. The van der Waals surface area contributed by atoms with Gasteiger partial charge in [-0.25, -0.2) is 13.1 Å². The molecule has 1 aromatic carbocycles. The van der Waals surface area contributed by atoms with Crippen molar-refractivity contribution in [3.8, 4) is 0 Å². The molecule has 34 heavy (non-hydrogen) atoms. The highest BCUT2D eigenvalue weighted by Gasteiger charge is 2.34. The summed E-state index contributed by atoms with van der Waals surface area (Å²) >= 11 is 0. The molecule has 11 nitrogen and oxygen atoms in total. The van der Waals surface area contributed by atoms with Gasteiger partial charge in [-0.2, -0.15) is 8.42 Å². The monoisotopic (exact) mass is 521 g/mol. The Balaban J connectivity index is 2.89. The summed E-state index contributed by atoms with van der Waals surface area (Å²) in [6, 6.07) is 4.77. The van der Waals surface area contributed by atoms with E-state index in [0.717, 1.165) is 0 Å². The van der Waals surface area contributed by atoms with Gasteiger partial charge in [-0.3, -0.25) is 14.1 Å². The molecule has 0 heterocycles. The summed E-state index contributed by atoms with van der Waals surface area (Å²) < 4.78 is 59.3. The van der Waals surface area contributed by atoms with Gasteiger partial charge in [0.1, 0.15) is 12.1 Å². The Kier molecular flexibility index (Phi) is 11.1. The fraction of sp³-hybridized carbons (Fsp3) is 0.619. The number of sulfonamides is 1. The van der Waals surface area contributed by atoms with Crippen LogP contribution in [0.1, 0.15) is 46.6 Å². The number of hydrogen-bond acceptors (Lipinski definition) is 7. The number of amides is 2. The van der Waals surface area contributed by atoms with Crippen LogP contribution in [-0.2, 0) is 35.5 Å². The lowest BCUT2D eigenvalue weighted by Gasteiger charge is -2.27. The zero-order valence-corrected chi connectivity index (χ0v) is 21.6. The summed E-state index contributed by atoms with van der Waals surface area (Å²) in [6.45, 7) is 8.07. The van der Waals surface area contributed by atoms with E-state index in [2.05, 4.69) is 15.4 Å². The molecule has 0 aromatic heterocycles. The first-order valence-electron chi connectivity index (χ1n) is 10.8. The van der Waals surface area contributed by atoms with E-state index in [1.807, 2.05) is 0 Å². The van der Waals surface area contributed by atoms with Crippen LogP contribution in [0.15, 0.2) is 30.3 Å². The van der Waals surface area contributed by atoms with Crippen molar-refractivity contribution in [2.45, 2.75) is 70.4 Å². The molecule has 0 radical (unpaired) electrons. The predicted octanol–water partition coefficient (Wildman–Crippen LogP) is 0.372. The van der Waals surface area contributed by atoms with Crippen molar-refractivity contribution in [3.63, 3.8) is 0 Å². The summed E-state index contributed by atoms with van der Waals surface area (Å²) in [5.41, 5.74) is -1.70. The number of benzene rings is 1. The van der Waals surface area contributed by atoms with Crippen molar-refractivity contribution in [3.05, 3.63) is 35.9 Å². The molecular formula is C21H35N3O8S2. The van der Waals surface area contributed by atoms with Gasteiger partial charge in [0.05, 0.1) is 11.8 Å². The van der Waals surface area contributed by atoms with E-state index in [4.69, 9.17) is 4.55 Å². The number of carbonyl (C=O) groups excluding carboxylic acids is 2. The van der Waals surface area contributed by atoms with Gasteiger partial charge in [0, 0.05) is 0 Å². The zero-order valence-electron chi connectivity index (χ0n) is 19.9. The number of rotatable bonds is 13. The Hall–Kier alpha value is -2.06. The maximum atomic E-state index is 12.8. The Bertz CT molecular complexity index is 1030. The third-order valence-electron chi connectivity index (χ3n) is 4.91. The number of aliphatic hydroxyl groups excluding tert-OH is 1. The molecule has 0 spiro atoms. The Morgan fingerprint density at radius 1 is 0.912 bits per heavy atom. The van der Waals surface area contributed by atoms with E-state index >= 15 is 0 Å². The lowest BCUT2D eigenvalue weighted by atomic mass is 10.0. The lowest BCUT2D eigenvalue weighted by molar-refractivity contribution is -0.130. The summed E-state index contributed by atoms with van der Waals surface area (Å²) in [5.74, 6) is -2.46. The molecule has 194 valence electrons. The van der Waals surface area contributed by atoms with Crippen LogP contribution in [0.2, 0.25) is 0 Å². The molecule has 13 heteroatoms. The van der Waals surface area contributed by atoms with Crippen LogP contribution in [0.5, 0.6) is 0 Å². The normalized spacial score (nSPS) is 16.0. The predicted molar refractivity (Wildman–Crippen MR) is 127 cm³/mol. The van der Waals surface area contributed by atoms with Crippen molar-refractivity contribution in [2.75, 3.05) is 0 Å². The minimum absolute atomic E-state index is 0.0429. The Labute approximate surface area is 201 Å². The van der Waals surface area contributed by atoms with E-state index in [0.29, 0.717) is 5.56 Å². The average Bonchev–Trinajstić information content (AvgIpc) is 2.70. The van der Waals surface area contributed by atoms with E-state index in [1.165, 1.54) is 6.92 Å². The van der Waals surface area contributed by atoms with Crippen molar-refractivity contribution in [1.29, 1.82) is 0 Å². The molecular weight excluding hydrogens is 486 g/mol. The summed E-state index contributed by atoms with van der Waals surface area (Å²) in [7, 11) is -8.72. The van der Waals surface area contributed by atoms with Gasteiger partial charge in [0.25, 0.3) is 10.1 Å². The van der Waals surface area contributed by atoms with Crippen molar-refractivity contribution >= 4 is 32.0 Å². The van der Waals surface area contributed by atoms with Crippen molar-refractivity contribution in [2.24, 2.45) is 11.8 Å². The fourth-order valence-corrected chi connectivity index (χ4v) is 5.23. The van der Waals surface area contributed by atoms with E-state index < -0.39 is 61.4 Å². The molecule has 0 aliphatic rings. The van der Waals surface area contributed by atoms with Gasteiger partial charge in [-0.05, 0) is 30.7 Å². The average molecular weight is 522 g/mol. The van der Waals surface area contributed by atoms with Crippen LogP contribution >= 0.6 is 0 Å². The standard InChI is InChI=1S/C21H35N3O8S2/c1-13(2)11-17(21(27)34(30,31)32)23-19(25)15(5)22-20(26)18(14(3)4)24-33(28,29)12-16-9-7-6-8-10-16/h6-10,13-15,17-18,21,24,27H,11-12H2,1-5H3,(H,22,26)(H,23,25)(H,30,31,32)/t15-,17?,18-,21?/m0/s1. The first kappa shape index (κ1) is 30.0. The van der Waals surface area contributed by atoms with Gasteiger partial charge in [-0.15, -0.1) is 0 Å². The third kappa shape index (κ3) is 10.1. The molecule has 0 bridgehead atoms. The highest BCUT2D eigenvalue weighted by molar-refractivity contribution is 7.88. The Morgan fingerprint density at radius 3 is 1.94 bits per heavy atom. The first-order valence-corrected chi connectivity index (χ1v) is 14.0. The second-order valence-electron chi connectivity index (χ2n) is 8.96. The highest BCUT2D eigenvalue weighted by Crippen LogP contribution is 2.13. The van der Waals surface area contributed by atoms with Crippen LogP contribution in [0.3, 0.4) is 0 Å². The smallest absolute Gasteiger partial charge is 0.294 e. The van der Waals surface area contributed by atoms with Gasteiger partial charge in [-0.1, -0.05) is 58.0 Å². The molecule has 1 aromatic rings. The molecule has 4 atom stereocenters. The molecule has 2 unspecified atom stereocenters. The summed E-state index contributed by atoms with van der Waals surface area (Å²) in [5, 5.41) is 14.6. The molecule has 0 aliphatic heterocycles. The minimum atomic E-state index is -4.84. The number of hydrogen-bond donors (Lipinski definition) is 5. The van der Waals surface area contributed by atoms with Gasteiger partial charge >= 0.3 is 0 Å². The molecule has 5 N–H and O–H groups in total. The Morgan fingerprint density at radius 2 is 1.47 bits per heavy atom. The molecule has 0 aliphatic carbocycles. The second kappa shape index (κ2) is 12.6. The quantitative estimate of drug-likeness (QED) is 0.231. The SMILES string of the molecule is CC(C)CC(NC(=O)[C@H](C)NC(=O)[C@@H](NS(=O)(=O)Cc1ccccc1)C(C)C)C(O)S(=O)(=O)O. The van der Waals surface area contributed by atoms with Gasteiger partial charge in [0.2, 0.25) is 27.3 Å². The summed E-state index contributed by atoms with van der Waals surface area (Å²) in [6.07, 6.45) is 0.0429. The van der Waals surface area contributed by atoms with Gasteiger partial charge in [0.15, 0.2) is 0 Å². The van der Waals surface area contributed by atoms with Crippen LogP contribution in [0.25, 0.3) is 0 Å². The van der Waals surface area contributed by atoms with Crippen molar-refractivity contribution < 1.29 is 36.1 Å². The van der Waals surface area contributed by atoms with Crippen LogP contribution in [0, 0.1) is 11.8 Å². The van der Waals surface area contributed by atoms with E-state index in [9.17, 15) is 31.5 Å². The number of nitrogens with one attached hydrogen (secondary N) is 3. The van der Waals surface area contributed by atoms with Gasteiger partial charge < -0.3 is 15.7 Å². The zero-order chi connectivity index (χ0) is 26.3. The molecule has 2 amide bonds. The fourth-order valence-electron chi connectivity index (χ4n) is 3.16. The summed E-state index contributed by atoms with van der Waals surface area (Å²) in [4.78, 5) is 25.4. The lowest BCUT2D eigenvalue weighted by Crippen LogP contribution is -2.57. The number of aliphatic hydroxyl groups is 1. The largest absolute Gasteiger partial charge is 0.374 e. The number of carbonyl (C=O) groups is 2. The maximum Gasteiger partial charge on any atom is 0.294 e. The van der Waals surface area contributed by atoms with E-state index in [1.54, 1.807) is 58.0 Å². The topological polar surface area (TPSA) is 179 Å². The maximum absolute atomic E-state index is 12.8. The molecule has 0 saturated carbocycles. The van der Waals surface area contributed by atoms with Crippen LogP contribution in [0.4, 0.5) is 0 Å². The first-order chi connectivity index (χ1) is 15.5. The molecule has 0 saturated heterocycles. The highest BCUT2D eigenvalue weighted by atomic mass is 32.2. The molecule has 1 rings (SSSR count). The third-order valence-corrected chi connectivity index (χ3v) is 7.17. The van der Waals surface area contributed by atoms with Crippen molar-refractivity contribution in [1.82, 2.24) is 15.4 Å². The minimum Gasteiger partial charge on any atom is -0.374 e. The van der Waals surface area contributed by atoms with E-state index in [-0.39, 0.29) is 18.1 Å². The van der Waals surface area contributed by atoms with Crippen LogP contribution < -0.4 is 15.4 Å². The molecule has 0 fully saturated rings. The van der Waals surface area contributed by atoms with Crippen LogP contribution in [-0.4, -0.2) is 61.9 Å².